The number of nitrogens with one attached hydrogen (secondary N) is 2. The SMILES string of the molecule is Cc1sc2nc(C(C)OC(=O)CNC(=O)c3cccc(OC(F)F)c3)[nH]c(=O)c2c1C. The number of aromatic amines is 1. The number of esters is 1. The molecule has 0 fully saturated rings. The van der Waals surface area contributed by atoms with Crippen molar-refractivity contribution < 1.29 is 27.8 Å². The Bertz CT molecular complexity index is 1190. The van der Waals surface area contributed by atoms with E-state index < -0.39 is 31.1 Å². The van der Waals surface area contributed by atoms with Crippen molar-refractivity contribution in [1.82, 2.24) is 15.3 Å². The van der Waals surface area contributed by atoms with Crippen LogP contribution in [-0.2, 0) is 9.53 Å². The van der Waals surface area contributed by atoms with Crippen molar-refractivity contribution in [2.45, 2.75) is 33.5 Å². The van der Waals surface area contributed by atoms with Crippen molar-refractivity contribution >= 4 is 33.4 Å². The lowest BCUT2D eigenvalue weighted by molar-refractivity contribution is -0.147. The summed E-state index contributed by atoms with van der Waals surface area (Å²) in [4.78, 5) is 45.1. The molecule has 3 aromatic rings. The van der Waals surface area contributed by atoms with Gasteiger partial charge < -0.3 is 19.8 Å². The van der Waals surface area contributed by atoms with E-state index in [1.54, 1.807) is 6.92 Å². The van der Waals surface area contributed by atoms with Crippen LogP contribution in [0.25, 0.3) is 10.2 Å². The summed E-state index contributed by atoms with van der Waals surface area (Å²) in [7, 11) is 0. The second kappa shape index (κ2) is 9.21. The van der Waals surface area contributed by atoms with Gasteiger partial charge in [-0.15, -0.1) is 11.3 Å². The molecule has 8 nitrogen and oxygen atoms in total. The Morgan fingerprint density at radius 3 is 2.74 bits per heavy atom. The number of rotatable bonds is 7. The van der Waals surface area contributed by atoms with Crippen LogP contribution in [0, 0.1) is 13.8 Å². The third kappa shape index (κ3) is 5.23. The highest BCUT2D eigenvalue weighted by Gasteiger charge is 2.19. The second-order valence-corrected chi connectivity index (χ2v) is 7.84. The fourth-order valence-electron chi connectivity index (χ4n) is 2.83. The van der Waals surface area contributed by atoms with Crippen LogP contribution in [0.4, 0.5) is 8.78 Å². The van der Waals surface area contributed by atoms with Gasteiger partial charge in [0.1, 0.15) is 17.1 Å². The maximum atomic E-state index is 12.3. The number of nitrogens with zero attached hydrogens (tertiary/aromatic N) is 1. The molecule has 0 saturated carbocycles. The minimum Gasteiger partial charge on any atom is -0.453 e. The number of H-pyrrole nitrogens is 1. The van der Waals surface area contributed by atoms with E-state index in [0.717, 1.165) is 16.5 Å². The highest BCUT2D eigenvalue weighted by atomic mass is 32.1. The van der Waals surface area contributed by atoms with E-state index in [1.165, 1.54) is 29.5 Å². The number of alkyl halides is 2. The van der Waals surface area contributed by atoms with Gasteiger partial charge in [-0.3, -0.25) is 14.4 Å². The van der Waals surface area contributed by atoms with Crippen molar-refractivity contribution in [3.8, 4) is 5.75 Å². The van der Waals surface area contributed by atoms with Gasteiger partial charge in [0.25, 0.3) is 11.5 Å². The quantitative estimate of drug-likeness (QED) is 0.534. The summed E-state index contributed by atoms with van der Waals surface area (Å²) >= 11 is 1.37. The van der Waals surface area contributed by atoms with Crippen LogP contribution < -0.4 is 15.6 Å². The zero-order valence-electron chi connectivity index (χ0n) is 16.8. The maximum absolute atomic E-state index is 12.3. The molecule has 2 aromatic heterocycles. The second-order valence-electron chi connectivity index (χ2n) is 6.64. The fraction of sp³-hybridized carbons (Fsp3) is 0.300. The Hall–Kier alpha value is -3.34. The summed E-state index contributed by atoms with van der Waals surface area (Å²) in [6.07, 6.45) is -0.855. The number of aromatic nitrogens is 2. The van der Waals surface area contributed by atoms with Gasteiger partial charge in [0.05, 0.1) is 5.39 Å². The fourth-order valence-corrected chi connectivity index (χ4v) is 3.86. The topological polar surface area (TPSA) is 110 Å². The molecule has 1 aromatic carbocycles. The number of hydrogen-bond acceptors (Lipinski definition) is 7. The maximum Gasteiger partial charge on any atom is 0.387 e. The molecule has 0 spiro atoms. The Labute approximate surface area is 179 Å². The van der Waals surface area contributed by atoms with Gasteiger partial charge in [-0.05, 0) is 44.5 Å². The number of carbonyl (C=O) groups is 2. The first-order valence-corrected chi connectivity index (χ1v) is 9.99. The molecule has 1 atom stereocenters. The van der Waals surface area contributed by atoms with Crippen molar-refractivity contribution in [3.63, 3.8) is 0 Å². The van der Waals surface area contributed by atoms with E-state index in [2.05, 4.69) is 20.0 Å². The summed E-state index contributed by atoms with van der Waals surface area (Å²) in [6, 6.07) is 5.17. The number of fused-ring (bicyclic) bond motifs is 1. The average molecular weight is 451 g/mol. The number of carbonyl (C=O) groups excluding carboxylic acids is 2. The monoisotopic (exact) mass is 451 g/mol. The van der Waals surface area contributed by atoms with E-state index in [0.29, 0.717) is 10.2 Å². The first-order chi connectivity index (χ1) is 14.7. The predicted octanol–water partition coefficient (Wildman–Crippen LogP) is 3.24. The largest absolute Gasteiger partial charge is 0.453 e. The van der Waals surface area contributed by atoms with Gasteiger partial charge in [-0.25, -0.2) is 4.98 Å². The van der Waals surface area contributed by atoms with E-state index in [1.807, 2.05) is 13.8 Å². The number of aryl methyl sites for hydroxylation is 2. The third-order valence-electron chi connectivity index (χ3n) is 4.47. The van der Waals surface area contributed by atoms with E-state index in [-0.39, 0.29) is 22.7 Å². The summed E-state index contributed by atoms with van der Waals surface area (Å²) in [5.41, 5.74) is 0.582. The Morgan fingerprint density at radius 2 is 2.03 bits per heavy atom. The van der Waals surface area contributed by atoms with E-state index in [9.17, 15) is 23.2 Å². The number of ether oxygens (including phenoxy) is 2. The summed E-state index contributed by atoms with van der Waals surface area (Å²) in [5, 5.41) is 2.85. The molecular weight excluding hydrogens is 432 g/mol. The molecule has 3 rings (SSSR count). The van der Waals surface area contributed by atoms with Crippen LogP contribution in [0.2, 0.25) is 0 Å². The lowest BCUT2D eigenvalue weighted by Gasteiger charge is -2.13. The Morgan fingerprint density at radius 1 is 1.29 bits per heavy atom. The third-order valence-corrected chi connectivity index (χ3v) is 5.57. The zero-order valence-corrected chi connectivity index (χ0v) is 17.6. The smallest absolute Gasteiger partial charge is 0.387 e. The number of halogens is 2. The average Bonchev–Trinajstić information content (AvgIpc) is 2.99. The standard InChI is InChI=1S/C20H19F2N3O5S/c1-9-11(3)31-19-15(9)18(28)24-16(25-19)10(2)29-14(26)8-23-17(27)12-5-4-6-13(7-12)30-20(21)22/h4-7,10,20H,8H2,1-3H3,(H,23,27)(H,24,25,28). The molecule has 1 unspecified atom stereocenters. The van der Waals surface area contributed by atoms with Crippen molar-refractivity contribution in [2.24, 2.45) is 0 Å². The van der Waals surface area contributed by atoms with Gasteiger partial charge in [0.2, 0.25) is 0 Å². The summed E-state index contributed by atoms with van der Waals surface area (Å²) in [6.45, 7) is 1.79. The van der Waals surface area contributed by atoms with Gasteiger partial charge >= 0.3 is 12.6 Å². The van der Waals surface area contributed by atoms with E-state index >= 15 is 0 Å². The molecule has 0 radical (unpaired) electrons. The van der Waals surface area contributed by atoms with Crippen molar-refractivity contribution in [2.75, 3.05) is 6.54 Å². The minimum absolute atomic E-state index is 0.0406. The number of benzene rings is 1. The zero-order chi connectivity index (χ0) is 22.7. The molecule has 164 valence electrons. The minimum atomic E-state index is -3.02. The van der Waals surface area contributed by atoms with Gasteiger partial charge in [0.15, 0.2) is 11.9 Å². The van der Waals surface area contributed by atoms with Crippen LogP contribution >= 0.6 is 11.3 Å². The molecule has 0 aliphatic rings. The molecular formula is C20H19F2N3O5S. The predicted molar refractivity (Wildman–Crippen MR) is 110 cm³/mol. The molecule has 1 amide bonds. The molecule has 2 N–H and O–H groups in total. The number of thiophene rings is 1. The normalized spacial score (nSPS) is 12.1. The highest BCUT2D eigenvalue weighted by molar-refractivity contribution is 7.18. The van der Waals surface area contributed by atoms with Gasteiger partial charge in [-0.2, -0.15) is 8.78 Å². The van der Waals surface area contributed by atoms with Crippen LogP contribution in [0.1, 0.15) is 39.7 Å². The first kappa shape index (κ1) is 22.3. The van der Waals surface area contributed by atoms with E-state index in [4.69, 9.17) is 4.74 Å². The van der Waals surface area contributed by atoms with Crippen LogP contribution in [0.3, 0.4) is 0 Å². The first-order valence-electron chi connectivity index (χ1n) is 9.18. The molecule has 0 bridgehead atoms. The van der Waals surface area contributed by atoms with Crippen molar-refractivity contribution in [1.29, 1.82) is 0 Å². The molecule has 31 heavy (non-hydrogen) atoms. The lowest BCUT2D eigenvalue weighted by Crippen LogP contribution is -2.31. The molecule has 2 heterocycles. The molecule has 0 aliphatic carbocycles. The van der Waals surface area contributed by atoms with Gasteiger partial charge in [0, 0.05) is 10.4 Å². The highest BCUT2D eigenvalue weighted by Crippen LogP contribution is 2.26. The summed E-state index contributed by atoms with van der Waals surface area (Å²) in [5.74, 6) is -1.41. The molecule has 11 heteroatoms. The van der Waals surface area contributed by atoms with Gasteiger partial charge in [-0.1, -0.05) is 6.07 Å². The Kier molecular flexibility index (Phi) is 6.64. The molecule has 0 saturated heterocycles. The van der Waals surface area contributed by atoms with Crippen LogP contribution in [0.5, 0.6) is 5.75 Å². The van der Waals surface area contributed by atoms with Crippen LogP contribution in [-0.4, -0.2) is 35.0 Å². The number of amides is 1. The molecule has 0 aliphatic heterocycles. The lowest BCUT2D eigenvalue weighted by atomic mass is 10.2. The van der Waals surface area contributed by atoms with Crippen molar-refractivity contribution in [3.05, 3.63) is 56.4 Å². The Balaban J connectivity index is 1.61. The van der Waals surface area contributed by atoms with Crippen LogP contribution in [0.15, 0.2) is 29.1 Å². The number of hydrogen-bond donors (Lipinski definition) is 2. The summed E-state index contributed by atoms with van der Waals surface area (Å²) < 4.78 is 34.1.